The Hall–Kier alpha value is -3.20. The van der Waals surface area contributed by atoms with Crippen molar-refractivity contribution in [3.8, 4) is 28.2 Å². The second-order valence-corrected chi connectivity index (χ2v) is 9.87. The van der Waals surface area contributed by atoms with Crippen LogP contribution in [-0.4, -0.2) is 9.55 Å². The topological polar surface area (TPSA) is 17.8 Å². The molecule has 1 heterocycles. The fraction of sp³-hybridized carbons (Fsp3) is 0.344. The summed E-state index contributed by atoms with van der Waals surface area (Å²) in [7, 11) is 0. The first-order chi connectivity index (χ1) is 16.8. The molecule has 0 radical (unpaired) electrons. The molecule has 0 atom stereocenters. The SMILES string of the molecule is CCCCCCc1ccc(-c2cc(C)c(-n3c(-c4ccc(F)c(C)c4)nc(C)c3C)c(C)c2)cc1. The van der Waals surface area contributed by atoms with Gasteiger partial charge in [-0.15, -0.1) is 0 Å². The Morgan fingerprint density at radius 1 is 0.714 bits per heavy atom. The Balaban J connectivity index is 1.69. The Kier molecular flexibility index (Phi) is 7.54. The average molecular weight is 469 g/mol. The van der Waals surface area contributed by atoms with Gasteiger partial charge in [-0.3, -0.25) is 4.57 Å². The van der Waals surface area contributed by atoms with Crippen LogP contribution in [-0.2, 0) is 6.42 Å². The van der Waals surface area contributed by atoms with E-state index in [-0.39, 0.29) is 5.82 Å². The van der Waals surface area contributed by atoms with E-state index in [1.54, 1.807) is 6.92 Å². The first-order valence-electron chi connectivity index (χ1n) is 12.8. The summed E-state index contributed by atoms with van der Waals surface area (Å²) in [5, 5.41) is 0. The van der Waals surface area contributed by atoms with E-state index in [2.05, 4.69) is 68.7 Å². The number of benzene rings is 3. The number of aryl methyl sites for hydroxylation is 5. The minimum atomic E-state index is -0.191. The quantitative estimate of drug-likeness (QED) is 0.236. The first-order valence-corrected chi connectivity index (χ1v) is 12.8. The van der Waals surface area contributed by atoms with Crippen LogP contribution in [0.5, 0.6) is 0 Å². The summed E-state index contributed by atoms with van der Waals surface area (Å²) in [5.74, 6) is 0.665. The van der Waals surface area contributed by atoms with Gasteiger partial charge in [0.1, 0.15) is 11.6 Å². The number of rotatable bonds is 8. The van der Waals surface area contributed by atoms with Crippen molar-refractivity contribution < 1.29 is 4.39 Å². The fourth-order valence-corrected chi connectivity index (χ4v) is 4.96. The van der Waals surface area contributed by atoms with Crippen molar-refractivity contribution in [2.45, 2.75) is 73.6 Å². The maximum Gasteiger partial charge on any atom is 0.145 e. The lowest BCUT2D eigenvalue weighted by Gasteiger charge is -2.18. The van der Waals surface area contributed by atoms with Crippen molar-refractivity contribution >= 4 is 0 Å². The van der Waals surface area contributed by atoms with Crippen LogP contribution in [0.25, 0.3) is 28.2 Å². The highest BCUT2D eigenvalue weighted by Crippen LogP contribution is 2.33. The maximum atomic E-state index is 13.9. The molecule has 0 unspecified atom stereocenters. The predicted octanol–water partition coefficient (Wildman–Crippen LogP) is 9.01. The Morgan fingerprint density at radius 2 is 1.34 bits per heavy atom. The van der Waals surface area contributed by atoms with E-state index in [0.29, 0.717) is 5.56 Å². The van der Waals surface area contributed by atoms with Gasteiger partial charge in [-0.2, -0.15) is 0 Å². The van der Waals surface area contributed by atoms with Crippen LogP contribution in [0.3, 0.4) is 0 Å². The molecule has 3 aromatic carbocycles. The number of hydrogen-bond acceptors (Lipinski definition) is 1. The second-order valence-electron chi connectivity index (χ2n) is 9.87. The molecule has 0 fully saturated rings. The molecule has 4 aromatic rings. The Morgan fingerprint density at radius 3 is 1.97 bits per heavy atom. The molecule has 0 bridgehead atoms. The highest BCUT2D eigenvalue weighted by Gasteiger charge is 2.19. The normalized spacial score (nSPS) is 11.3. The number of imidazole rings is 1. The van der Waals surface area contributed by atoms with E-state index >= 15 is 0 Å². The first kappa shape index (κ1) is 24.9. The third kappa shape index (κ3) is 5.24. The van der Waals surface area contributed by atoms with Crippen molar-refractivity contribution in [2.24, 2.45) is 0 Å². The fourth-order valence-electron chi connectivity index (χ4n) is 4.96. The van der Waals surface area contributed by atoms with E-state index in [0.717, 1.165) is 34.9 Å². The van der Waals surface area contributed by atoms with Crippen molar-refractivity contribution in [3.05, 3.63) is 94.1 Å². The molecule has 1 aromatic heterocycles. The zero-order valence-corrected chi connectivity index (χ0v) is 22.0. The molecule has 0 aliphatic carbocycles. The molecule has 0 N–H and O–H groups in total. The molecule has 3 heteroatoms. The van der Waals surface area contributed by atoms with E-state index < -0.39 is 0 Å². The van der Waals surface area contributed by atoms with Crippen molar-refractivity contribution in [1.82, 2.24) is 9.55 Å². The molecule has 0 amide bonds. The standard InChI is InChI=1S/C32H37FN2/c1-7-8-9-10-11-26-12-14-27(15-13-26)29-19-22(3)31(23(4)20-29)35-25(6)24(5)34-32(35)28-16-17-30(33)21(2)18-28/h12-20H,7-11H2,1-6H3. The van der Waals surface area contributed by atoms with Gasteiger partial charge in [0.15, 0.2) is 0 Å². The Labute approximate surface area is 209 Å². The largest absolute Gasteiger partial charge is 0.296 e. The minimum absolute atomic E-state index is 0.191. The summed E-state index contributed by atoms with van der Waals surface area (Å²) < 4.78 is 16.2. The molecule has 2 nitrogen and oxygen atoms in total. The summed E-state index contributed by atoms with van der Waals surface area (Å²) in [4.78, 5) is 4.88. The zero-order chi connectivity index (χ0) is 25.1. The number of hydrogen-bond donors (Lipinski definition) is 0. The van der Waals surface area contributed by atoms with Crippen LogP contribution in [0.15, 0.2) is 54.6 Å². The number of unbranched alkanes of at least 4 members (excludes halogenated alkanes) is 3. The van der Waals surface area contributed by atoms with Gasteiger partial charge >= 0.3 is 0 Å². The van der Waals surface area contributed by atoms with Crippen LogP contribution in [0, 0.1) is 40.4 Å². The van der Waals surface area contributed by atoms with Crippen molar-refractivity contribution in [1.29, 1.82) is 0 Å². The summed E-state index contributed by atoms with van der Waals surface area (Å²) >= 11 is 0. The Bertz CT molecular complexity index is 1310. The van der Waals surface area contributed by atoms with E-state index in [1.807, 2.05) is 19.1 Å². The van der Waals surface area contributed by atoms with Gasteiger partial charge in [-0.25, -0.2) is 9.37 Å². The molecule has 0 aliphatic rings. The van der Waals surface area contributed by atoms with Gasteiger partial charge in [-0.05, 0) is 111 Å². The lowest BCUT2D eigenvalue weighted by Crippen LogP contribution is -2.05. The molecular weight excluding hydrogens is 431 g/mol. The van der Waals surface area contributed by atoms with Gasteiger partial charge in [0, 0.05) is 11.3 Å². The molecule has 0 saturated carbocycles. The molecule has 182 valence electrons. The average Bonchev–Trinajstić information content (AvgIpc) is 3.12. The highest BCUT2D eigenvalue weighted by atomic mass is 19.1. The molecule has 0 spiro atoms. The molecule has 35 heavy (non-hydrogen) atoms. The van der Waals surface area contributed by atoms with Gasteiger partial charge in [-0.1, -0.05) is 50.5 Å². The van der Waals surface area contributed by atoms with Crippen LogP contribution in [0.4, 0.5) is 4.39 Å². The second kappa shape index (κ2) is 10.6. The van der Waals surface area contributed by atoms with Crippen molar-refractivity contribution in [3.63, 3.8) is 0 Å². The van der Waals surface area contributed by atoms with Gasteiger partial charge < -0.3 is 0 Å². The van der Waals surface area contributed by atoms with Gasteiger partial charge in [0.25, 0.3) is 0 Å². The smallest absolute Gasteiger partial charge is 0.145 e. The third-order valence-corrected chi connectivity index (χ3v) is 7.08. The number of aromatic nitrogens is 2. The lowest BCUT2D eigenvalue weighted by molar-refractivity contribution is 0.618. The molecule has 0 aliphatic heterocycles. The highest BCUT2D eigenvalue weighted by molar-refractivity contribution is 5.71. The molecule has 4 rings (SSSR count). The summed E-state index contributed by atoms with van der Waals surface area (Å²) in [5.41, 5.74) is 11.1. The van der Waals surface area contributed by atoms with Crippen LogP contribution in [0.1, 0.15) is 66.2 Å². The van der Waals surface area contributed by atoms with Gasteiger partial charge in [0.05, 0.1) is 11.4 Å². The van der Waals surface area contributed by atoms with Crippen molar-refractivity contribution in [2.75, 3.05) is 0 Å². The third-order valence-electron chi connectivity index (χ3n) is 7.08. The lowest BCUT2D eigenvalue weighted by atomic mass is 9.96. The van der Waals surface area contributed by atoms with Crippen LogP contribution < -0.4 is 0 Å². The summed E-state index contributed by atoms with van der Waals surface area (Å²) in [6.45, 7) is 12.5. The van der Waals surface area contributed by atoms with Crippen LogP contribution >= 0.6 is 0 Å². The molecular formula is C32H37FN2. The van der Waals surface area contributed by atoms with Gasteiger partial charge in [0.2, 0.25) is 0 Å². The van der Waals surface area contributed by atoms with E-state index in [1.165, 1.54) is 59.6 Å². The van der Waals surface area contributed by atoms with Crippen LogP contribution in [0.2, 0.25) is 0 Å². The number of halogens is 1. The van der Waals surface area contributed by atoms with E-state index in [9.17, 15) is 4.39 Å². The summed E-state index contributed by atoms with van der Waals surface area (Å²) in [6.07, 6.45) is 6.32. The minimum Gasteiger partial charge on any atom is -0.296 e. The predicted molar refractivity (Wildman–Crippen MR) is 146 cm³/mol. The maximum absolute atomic E-state index is 13.9. The summed E-state index contributed by atoms with van der Waals surface area (Å²) in [6, 6.07) is 18.8. The molecule has 0 saturated heterocycles. The number of nitrogens with zero attached hydrogens (tertiary/aromatic N) is 2. The van der Waals surface area contributed by atoms with E-state index in [4.69, 9.17) is 4.98 Å². The monoisotopic (exact) mass is 468 g/mol. The zero-order valence-electron chi connectivity index (χ0n) is 22.0.